The molecule has 1 aliphatic carbocycles. The Labute approximate surface area is 99.4 Å². The molecular weight excluding hydrogens is 224 g/mol. The van der Waals surface area contributed by atoms with Gasteiger partial charge in [-0.3, -0.25) is 0 Å². The Balaban J connectivity index is 2.17. The highest BCUT2D eigenvalue weighted by molar-refractivity contribution is 5.21. The highest BCUT2D eigenvalue weighted by Crippen LogP contribution is 2.31. The van der Waals surface area contributed by atoms with Crippen LogP contribution in [0.5, 0.6) is 0 Å². The summed E-state index contributed by atoms with van der Waals surface area (Å²) in [7, 11) is 0. The monoisotopic (exact) mass is 241 g/mol. The number of benzene rings is 1. The molecule has 94 valence electrons. The SMILES string of the molecule is NC1CCCC(O)(Cc2cccc(F)c2F)C1. The molecule has 17 heavy (non-hydrogen) atoms. The van der Waals surface area contributed by atoms with Crippen LogP contribution < -0.4 is 5.73 Å². The zero-order valence-corrected chi connectivity index (χ0v) is 9.63. The molecule has 2 rings (SSSR count). The van der Waals surface area contributed by atoms with Crippen LogP contribution in [0.4, 0.5) is 8.78 Å². The average molecular weight is 241 g/mol. The third-order valence-corrected chi connectivity index (χ3v) is 3.41. The smallest absolute Gasteiger partial charge is 0.162 e. The van der Waals surface area contributed by atoms with Gasteiger partial charge in [-0.15, -0.1) is 0 Å². The first-order valence-electron chi connectivity index (χ1n) is 5.91. The minimum atomic E-state index is -0.994. The molecule has 2 unspecified atom stereocenters. The maximum Gasteiger partial charge on any atom is 0.162 e. The van der Waals surface area contributed by atoms with Crippen LogP contribution in [-0.4, -0.2) is 16.7 Å². The van der Waals surface area contributed by atoms with Crippen molar-refractivity contribution < 1.29 is 13.9 Å². The third kappa shape index (κ3) is 2.82. The van der Waals surface area contributed by atoms with Crippen molar-refractivity contribution in [2.45, 2.75) is 43.7 Å². The topological polar surface area (TPSA) is 46.2 Å². The first kappa shape index (κ1) is 12.5. The van der Waals surface area contributed by atoms with Crippen LogP contribution in [0, 0.1) is 11.6 Å². The van der Waals surface area contributed by atoms with E-state index in [0.717, 1.165) is 18.9 Å². The number of hydrogen-bond donors (Lipinski definition) is 2. The molecule has 0 bridgehead atoms. The van der Waals surface area contributed by atoms with E-state index in [9.17, 15) is 13.9 Å². The highest BCUT2D eigenvalue weighted by Gasteiger charge is 2.33. The predicted molar refractivity (Wildman–Crippen MR) is 61.5 cm³/mol. The van der Waals surface area contributed by atoms with E-state index in [0.29, 0.717) is 12.8 Å². The summed E-state index contributed by atoms with van der Waals surface area (Å²) >= 11 is 0. The van der Waals surface area contributed by atoms with Crippen molar-refractivity contribution in [1.29, 1.82) is 0 Å². The van der Waals surface area contributed by atoms with E-state index in [-0.39, 0.29) is 18.0 Å². The summed E-state index contributed by atoms with van der Waals surface area (Å²) < 4.78 is 26.6. The maximum absolute atomic E-state index is 13.5. The maximum atomic E-state index is 13.5. The molecule has 0 radical (unpaired) electrons. The summed E-state index contributed by atoms with van der Waals surface area (Å²) in [6.07, 6.45) is 2.88. The molecule has 4 heteroatoms. The van der Waals surface area contributed by atoms with Gasteiger partial charge in [0.2, 0.25) is 0 Å². The van der Waals surface area contributed by atoms with Gasteiger partial charge in [0.1, 0.15) is 0 Å². The molecule has 1 fully saturated rings. The number of aliphatic hydroxyl groups is 1. The number of rotatable bonds is 2. The Kier molecular flexibility index (Phi) is 3.45. The largest absolute Gasteiger partial charge is 0.389 e. The molecule has 0 heterocycles. The van der Waals surface area contributed by atoms with Crippen LogP contribution in [0.25, 0.3) is 0 Å². The van der Waals surface area contributed by atoms with E-state index in [4.69, 9.17) is 5.73 Å². The minimum Gasteiger partial charge on any atom is -0.389 e. The Morgan fingerprint density at radius 1 is 1.41 bits per heavy atom. The number of halogens is 2. The van der Waals surface area contributed by atoms with Crippen LogP contribution in [0.3, 0.4) is 0 Å². The number of nitrogens with two attached hydrogens (primary N) is 1. The summed E-state index contributed by atoms with van der Waals surface area (Å²) in [5.74, 6) is -1.73. The van der Waals surface area contributed by atoms with Crippen molar-refractivity contribution in [3.05, 3.63) is 35.4 Å². The summed E-state index contributed by atoms with van der Waals surface area (Å²) in [4.78, 5) is 0. The second-order valence-electron chi connectivity index (χ2n) is 4.97. The lowest BCUT2D eigenvalue weighted by molar-refractivity contribution is -0.00267. The Bertz CT molecular complexity index is 410. The summed E-state index contributed by atoms with van der Waals surface area (Å²) in [5.41, 5.74) is 5.03. The molecule has 0 spiro atoms. The fourth-order valence-corrected chi connectivity index (χ4v) is 2.59. The Morgan fingerprint density at radius 2 is 2.18 bits per heavy atom. The van der Waals surface area contributed by atoms with Crippen LogP contribution >= 0.6 is 0 Å². The molecule has 1 aromatic carbocycles. The van der Waals surface area contributed by atoms with Gasteiger partial charge in [0, 0.05) is 12.5 Å². The second-order valence-corrected chi connectivity index (χ2v) is 4.97. The average Bonchev–Trinajstić information content (AvgIpc) is 2.24. The highest BCUT2D eigenvalue weighted by atomic mass is 19.2. The third-order valence-electron chi connectivity index (χ3n) is 3.41. The lowest BCUT2D eigenvalue weighted by Gasteiger charge is -2.35. The summed E-state index contributed by atoms with van der Waals surface area (Å²) in [6.45, 7) is 0. The van der Waals surface area contributed by atoms with Gasteiger partial charge in [-0.25, -0.2) is 8.78 Å². The molecule has 1 saturated carbocycles. The van der Waals surface area contributed by atoms with Crippen molar-refractivity contribution in [2.24, 2.45) is 5.73 Å². The van der Waals surface area contributed by atoms with Gasteiger partial charge in [-0.2, -0.15) is 0 Å². The first-order chi connectivity index (χ1) is 8.00. The predicted octanol–water partition coefficient (Wildman–Crippen LogP) is 2.14. The fourth-order valence-electron chi connectivity index (χ4n) is 2.59. The van der Waals surface area contributed by atoms with E-state index >= 15 is 0 Å². The normalized spacial score (nSPS) is 29.3. The molecule has 1 aliphatic rings. The van der Waals surface area contributed by atoms with Crippen LogP contribution in [-0.2, 0) is 6.42 Å². The standard InChI is InChI=1S/C13H17F2NO/c14-11-5-1-3-9(12(11)15)7-13(17)6-2-4-10(16)8-13/h1,3,5,10,17H,2,4,6-8,16H2. The second kappa shape index (κ2) is 4.70. The van der Waals surface area contributed by atoms with E-state index in [1.807, 2.05) is 0 Å². The van der Waals surface area contributed by atoms with Crippen molar-refractivity contribution in [3.63, 3.8) is 0 Å². The van der Waals surface area contributed by atoms with Crippen molar-refractivity contribution in [3.8, 4) is 0 Å². The van der Waals surface area contributed by atoms with Gasteiger partial charge in [0.25, 0.3) is 0 Å². The molecule has 0 aliphatic heterocycles. The molecule has 2 nitrogen and oxygen atoms in total. The van der Waals surface area contributed by atoms with Gasteiger partial charge >= 0.3 is 0 Å². The lowest BCUT2D eigenvalue weighted by Crippen LogP contribution is -2.42. The van der Waals surface area contributed by atoms with Crippen molar-refractivity contribution >= 4 is 0 Å². The molecule has 1 aromatic rings. The van der Waals surface area contributed by atoms with Gasteiger partial charge in [-0.1, -0.05) is 12.1 Å². The minimum absolute atomic E-state index is 0.0506. The fraction of sp³-hybridized carbons (Fsp3) is 0.538. The van der Waals surface area contributed by atoms with Crippen LogP contribution in [0.2, 0.25) is 0 Å². The molecule has 0 saturated heterocycles. The molecule has 0 amide bonds. The number of hydrogen-bond acceptors (Lipinski definition) is 2. The van der Waals surface area contributed by atoms with E-state index in [2.05, 4.69) is 0 Å². The molecule has 2 atom stereocenters. The van der Waals surface area contributed by atoms with Gasteiger partial charge in [-0.05, 0) is 37.3 Å². The van der Waals surface area contributed by atoms with Crippen molar-refractivity contribution in [2.75, 3.05) is 0 Å². The van der Waals surface area contributed by atoms with Crippen molar-refractivity contribution in [1.82, 2.24) is 0 Å². The van der Waals surface area contributed by atoms with Gasteiger partial charge < -0.3 is 10.8 Å². The molecular formula is C13H17F2NO. The molecule has 3 N–H and O–H groups in total. The quantitative estimate of drug-likeness (QED) is 0.833. The lowest BCUT2D eigenvalue weighted by atomic mass is 9.78. The summed E-state index contributed by atoms with van der Waals surface area (Å²) in [5, 5.41) is 10.3. The van der Waals surface area contributed by atoms with Crippen LogP contribution in [0.1, 0.15) is 31.2 Å². The molecule has 0 aromatic heterocycles. The van der Waals surface area contributed by atoms with Gasteiger partial charge in [0.05, 0.1) is 5.60 Å². The first-order valence-corrected chi connectivity index (χ1v) is 5.91. The summed E-state index contributed by atoms with van der Waals surface area (Å²) in [6, 6.07) is 4.00. The Morgan fingerprint density at radius 3 is 2.88 bits per heavy atom. The Hall–Kier alpha value is -1.00. The van der Waals surface area contributed by atoms with E-state index < -0.39 is 17.2 Å². The van der Waals surface area contributed by atoms with Gasteiger partial charge in [0.15, 0.2) is 11.6 Å². The zero-order chi connectivity index (χ0) is 12.5. The zero-order valence-electron chi connectivity index (χ0n) is 9.63. The van der Waals surface area contributed by atoms with E-state index in [1.54, 1.807) is 0 Å². The van der Waals surface area contributed by atoms with Crippen LogP contribution in [0.15, 0.2) is 18.2 Å². The van der Waals surface area contributed by atoms with E-state index in [1.165, 1.54) is 12.1 Å².